The predicted molar refractivity (Wildman–Crippen MR) is 78.1 cm³/mol. The highest BCUT2D eigenvalue weighted by Gasteiger charge is 2.20. The zero-order chi connectivity index (χ0) is 14.3. The minimum atomic E-state index is -0.168. The summed E-state index contributed by atoms with van der Waals surface area (Å²) in [5, 5.41) is 15.3. The lowest BCUT2D eigenvalue weighted by Crippen LogP contribution is -2.44. The molecule has 0 radical (unpaired) electrons. The molecule has 0 aromatic rings. The van der Waals surface area contributed by atoms with Gasteiger partial charge in [-0.25, -0.2) is 4.79 Å². The molecule has 19 heavy (non-hydrogen) atoms. The van der Waals surface area contributed by atoms with Gasteiger partial charge in [0.15, 0.2) is 0 Å². The van der Waals surface area contributed by atoms with Crippen LogP contribution in [0.1, 0.15) is 65.7 Å². The summed E-state index contributed by atoms with van der Waals surface area (Å²) in [4.78, 5) is 11.7. The maximum absolute atomic E-state index is 11.7. The average molecular weight is 270 g/mol. The highest BCUT2D eigenvalue weighted by molar-refractivity contribution is 5.74. The third-order valence-corrected chi connectivity index (χ3v) is 3.67. The number of rotatable bonds is 5. The van der Waals surface area contributed by atoms with Gasteiger partial charge >= 0.3 is 6.03 Å². The topological polar surface area (TPSA) is 61.4 Å². The van der Waals surface area contributed by atoms with Crippen LogP contribution < -0.4 is 10.6 Å². The van der Waals surface area contributed by atoms with Crippen molar-refractivity contribution in [2.75, 3.05) is 6.54 Å². The van der Waals surface area contributed by atoms with Crippen LogP contribution in [-0.4, -0.2) is 29.8 Å². The maximum Gasteiger partial charge on any atom is 0.315 e. The molecule has 4 nitrogen and oxygen atoms in total. The van der Waals surface area contributed by atoms with Gasteiger partial charge in [0, 0.05) is 12.6 Å². The van der Waals surface area contributed by atoms with Gasteiger partial charge in [-0.15, -0.1) is 0 Å². The molecule has 0 aliphatic heterocycles. The van der Waals surface area contributed by atoms with Crippen molar-refractivity contribution < 1.29 is 9.90 Å². The van der Waals surface area contributed by atoms with Crippen molar-refractivity contribution in [1.82, 2.24) is 10.6 Å². The normalized spacial score (nSPS) is 24.0. The number of hydrogen-bond donors (Lipinski definition) is 3. The van der Waals surface area contributed by atoms with E-state index >= 15 is 0 Å². The van der Waals surface area contributed by atoms with E-state index < -0.39 is 0 Å². The fourth-order valence-electron chi connectivity index (χ4n) is 2.44. The highest BCUT2D eigenvalue weighted by Crippen LogP contribution is 2.21. The largest absolute Gasteiger partial charge is 0.393 e. The Morgan fingerprint density at radius 2 is 1.79 bits per heavy atom. The number of unbranched alkanes of at least 4 members (excludes halogenated alkanes) is 1. The average Bonchev–Trinajstić information content (AvgIpc) is 2.30. The van der Waals surface area contributed by atoms with Crippen LogP contribution in [0, 0.1) is 5.41 Å². The summed E-state index contributed by atoms with van der Waals surface area (Å²) in [5.74, 6) is 0. The van der Waals surface area contributed by atoms with Gasteiger partial charge in [-0.1, -0.05) is 27.2 Å². The number of aliphatic hydroxyl groups excluding tert-OH is 1. The van der Waals surface area contributed by atoms with Crippen LogP contribution >= 0.6 is 0 Å². The van der Waals surface area contributed by atoms with E-state index in [2.05, 4.69) is 31.4 Å². The fourth-order valence-corrected chi connectivity index (χ4v) is 2.44. The number of hydrogen-bond acceptors (Lipinski definition) is 2. The second kappa shape index (κ2) is 7.73. The third-order valence-electron chi connectivity index (χ3n) is 3.67. The van der Waals surface area contributed by atoms with Crippen molar-refractivity contribution in [3.8, 4) is 0 Å². The first-order valence-corrected chi connectivity index (χ1v) is 7.59. The summed E-state index contributed by atoms with van der Waals surface area (Å²) in [5.41, 5.74) is 0.380. The molecular weight excluding hydrogens is 240 g/mol. The van der Waals surface area contributed by atoms with Gasteiger partial charge in [0.05, 0.1) is 6.10 Å². The van der Waals surface area contributed by atoms with E-state index in [1.54, 1.807) is 0 Å². The van der Waals surface area contributed by atoms with Crippen LogP contribution in [0.15, 0.2) is 0 Å². The zero-order valence-corrected chi connectivity index (χ0v) is 12.7. The van der Waals surface area contributed by atoms with Crippen LogP contribution in [0.4, 0.5) is 4.79 Å². The van der Waals surface area contributed by atoms with E-state index in [4.69, 9.17) is 0 Å². The first-order valence-electron chi connectivity index (χ1n) is 7.59. The molecule has 4 heteroatoms. The van der Waals surface area contributed by atoms with Crippen LogP contribution in [0.25, 0.3) is 0 Å². The Morgan fingerprint density at radius 1 is 1.16 bits per heavy atom. The lowest BCUT2D eigenvalue weighted by atomic mass is 9.90. The Hall–Kier alpha value is -0.770. The van der Waals surface area contributed by atoms with Gasteiger partial charge in [0.1, 0.15) is 0 Å². The van der Waals surface area contributed by atoms with Gasteiger partial charge in [-0.2, -0.15) is 0 Å². The number of amides is 2. The van der Waals surface area contributed by atoms with Gasteiger partial charge in [-0.3, -0.25) is 0 Å². The fraction of sp³-hybridized carbons (Fsp3) is 0.933. The van der Waals surface area contributed by atoms with Gasteiger partial charge in [0.2, 0.25) is 0 Å². The summed E-state index contributed by atoms with van der Waals surface area (Å²) >= 11 is 0. The standard InChI is InChI=1S/C15H30N2O2/c1-15(2,3)10-4-5-11-16-14(19)17-12-6-8-13(18)9-7-12/h12-13,18H,4-11H2,1-3H3,(H2,16,17,19). The van der Waals surface area contributed by atoms with E-state index in [-0.39, 0.29) is 18.2 Å². The second-order valence-electron chi connectivity index (χ2n) is 6.92. The Kier molecular flexibility index (Phi) is 6.63. The number of nitrogens with one attached hydrogen (secondary N) is 2. The molecule has 0 heterocycles. The molecule has 1 saturated carbocycles. The van der Waals surface area contributed by atoms with Crippen LogP contribution in [0.2, 0.25) is 0 Å². The van der Waals surface area contributed by atoms with E-state index in [9.17, 15) is 9.90 Å². The van der Waals surface area contributed by atoms with E-state index in [1.807, 2.05) is 0 Å². The van der Waals surface area contributed by atoms with Gasteiger partial charge in [0.25, 0.3) is 0 Å². The third kappa shape index (κ3) is 8.09. The highest BCUT2D eigenvalue weighted by atomic mass is 16.3. The van der Waals surface area contributed by atoms with Crippen molar-refractivity contribution >= 4 is 6.03 Å². The van der Waals surface area contributed by atoms with Crippen molar-refractivity contribution in [2.24, 2.45) is 5.41 Å². The number of aliphatic hydroxyl groups is 1. The molecule has 0 atom stereocenters. The first kappa shape index (κ1) is 16.3. The minimum Gasteiger partial charge on any atom is -0.393 e. The molecule has 1 fully saturated rings. The Balaban J connectivity index is 2.02. The maximum atomic E-state index is 11.7. The Labute approximate surface area is 117 Å². The number of carbonyl (C=O) groups is 1. The van der Waals surface area contributed by atoms with E-state index in [1.165, 1.54) is 6.42 Å². The molecule has 0 saturated heterocycles. The molecule has 0 aromatic heterocycles. The Bertz CT molecular complexity index is 266. The summed E-state index contributed by atoms with van der Waals surface area (Å²) in [6.45, 7) is 7.47. The van der Waals surface area contributed by atoms with Crippen molar-refractivity contribution in [2.45, 2.75) is 77.9 Å². The molecule has 0 unspecified atom stereocenters. The van der Waals surface area contributed by atoms with Crippen molar-refractivity contribution in [1.29, 1.82) is 0 Å². The molecule has 1 aliphatic carbocycles. The molecule has 112 valence electrons. The molecule has 1 aliphatic rings. The SMILES string of the molecule is CC(C)(C)CCCCNC(=O)NC1CCC(O)CC1. The molecule has 0 aromatic carbocycles. The summed E-state index contributed by atoms with van der Waals surface area (Å²) in [6, 6.07) is 0.176. The minimum absolute atomic E-state index is 0.0582. The zero-order valence-electron chi connectivity index (χ0n) is 12.7. The monoisotopic (exact) mass is 270 g/mol. The summed E-state index contributed by atoms with van der Waals surface area (Å²) in [6.07, 6.45) is 6.59. The van der Waals surface area contributed by atoms with Crippen LogP contribution in [0.5, 0.6) is 0 Å². The molecule has 0 bridgehead atoms. The van der Waals surface area contributed by atoms with Crippen LogP contribution in [-0.2, 0) is 0 Å². The van der Waals surface area contributed by atoms with Crippen molar-refractivity contribution in [3.63, 3.8) is 0 Å². The van der Waals surface area contributed by atoms with E-state index in [0.29, 0.717) is 5.41 Å². The van der Waals surface area contributed by atoms with Crippen LogP contribution in [0.3, 0.4) is 0 Å². The summed E-state index contributed by atoms with van der Waals surface area (Å²) in [7, 11) is 0. The first-order chi connectivity index (χ1) is 8.87. The Morgan fingerprint density at radius 3 is 2.37 bits per heavy atom. The molecule has 0 spiro atoms. The predicted octanol–water partition coefficient (Wildman–Crippen LogP) is 2.81. The smallest absolute Gasteiger partial charge is 0.315 e. The summed E-state index contributed by atoms with van der Waals surface area (Å²) < 4.78 is 0. The molecule has 3 N–H and O–H groups in total. The molecule has 2 amide bonds. The number of carbonyl (C=O) groups excluding carboxylic acids is 1. The van der Waals surface area contributed by atoms with E-state index in [0.717, 1.165) is 45.1 Å². The second-order valence-corrected chi connectivity index (χ2v) is 6.92. The number of urea groups is 1. The lowest BCUT2D eigenvalue weighted by Gasteiger charge is -2.26. The van der Waals surface area contributed by atoms with Gasteiger partial charge < -0.3 is 15.7 Å². The quantitative estimate of drug-likeness (QED) is 0.673. The van der Waals surface area contributed by atoms with Gasteiger partial charge in [-0.05, 0) is 43.9 Å². The lowest BCUT2D eigenvalue weighted by molar-refractivity contribution is 0.117. The molecule has 1 rings (SSSR count). The molecular formula is C15H30N2O2. The van der Waals surface area contributed by atoms with Crippen molar-refractivity contribution in [3.05, 3.63) is 0 Å².